The summed E-state index contributed by atoms with van der Waals surface area (Å²) in [5, 5.41) is 0. The van der Waals surface area contributed by atoms with Crippen LogP contribution in [0.15, 0.2) is 30.3 Å². The van der Waals surface area contributed by atoms with Crippen LogP contribution in [-0.4, -0.2) is 26.1 Å². The minimum absolute atomic E-state index is 0.0552. The van der Waals surface area contributed by atoms with Gasteiger partial charge in [-0.1, -0.05) is 30.3 Å². The highest BCUT2D eigenvalue weighted by atomic mass is 16.7. The molecule has 0 aromatic heterocycles. The second kappa shape index (κ2) is 8.23. The van der Waals surface area contributed by atoms with E-state index in [0.29, 0.717) is 19.8 Å². The Hall–Kier alpha value is -0.900. The third kappa shape index (κ3) is 5.31. The van der Waals surface area contributed by atoms with Gasteiger partial charge in [-0.3, -0.25) is 0 Å². The minimum atomic E-state index is -0.267. The lowest BCUT2D eigenvalue weighted by Crippen LogP contribution is -2.24. The summed E-state index contributed by atoms with van der Waals surface area (Å²) >= 11 is 0. The fourth-order valence-corrected chi connectivity index (χ4v) is 1.56. The van der Waals surface area contributed by atoms with Crippen LogP contribution in [0.5, 0.6) is 0 Å². The van der Waals surface area contributed by atoms with Gasteiger partial charge in [0.2, 0.25) is 0 Å². The molecule has 0 spiro atoms. The first kappa shape index (κ1) is 14.2. The number of rotatable bonds is 8. The Labute approximate surface area is 104 Å². The lowest BCUT2D eigenvalue weighted by Gasteiger charge is -2.20. The molecular weight excluding hydrogens is 216 g/mol. The quantitative estimate of drug-likeness (QED) is 0.651. The van der Waals surface area contributed by atoms with Gasteiger partial charge in [-0.2, -0.15) is 0 Å². The van der Waals surface area contributed by atoms with Crippen molar-refractivity contribution in [1.29, 1.82) is 0 Å². The van der Waals surface area contributed by atoms with Gasteiger partial charge in [0.25, 0.3) is 0 Å². The van der Waals surface area contributed by atoms with Crippen molar-refractivity contribution in [3.05, 3.63) is 35.9 Å². The van der Waals surface area contributed by atoms with Gasteiger partial charge in [0.1, 0.15) is 0 Å². The van der Waals surface area contributed by atoms with Crippen LogP contribution < -0.4 is 0 Å². The van der Waals surface area contributed by atoms with Crippen molar-refractivity contribution in [1.82, 2.24) is 0 Å². The van der Waals surface area contributed by atoms with Crippen molar-refractivity contribution < 1.29 is 14.2 Å². The number of hydrogen-bond acceptors (Lipinski definition) is 3. The highest BCUT2D eigenvalue weighted by molar-refractivity contribution is 5.16. The van der Waals surface area contributed by atoms with Gasteiger partial charge in [-0.25, -0.2) is 0 Å². The average Bonchev–Trinajstić information content (AvgIpc) is 2.37. The highest BCUT2D eigenvalue weighted by Gasteiger charge is 2.11. The molecule has 0 heterocycles. The molecule has 0 fully saturated rings. The predicted molar refractivity (Wildman–Crippen MR) is 67.8 cm³/mol. The van der Waals surface area contributed by atoms with Gasteiger partial charge in [-0.15, -0.1) is 0 Å². The first-order chi connectivity index (χ1) is 8.27. The zero-order chi connectivity index (χ0) is 12.5. The normalized spacial score (nSPS) is 12.9. The largest absolute Gasteiger partial charge is 0.369 e. The van der Waals surface area contributed by atoms with E-state index in [2.05, 4.69) is 12.1 Å². The van der Waals surface area contributed by atoms with E-state index in [-0.39, 0.29) is 12.4 Å². The summed E-state index contributed by atoms with van der Waals surface area (Å²) in [6, 6.07) is 10.1. The van der Waals surface area contributed by atoms with Crippen molar-refractivity contribution in [2.75, 3.05) is 19.8 Å². The van der Waals surface area contributed by atoms with E-state index in [1.165, 1.54) is 5.56 Å². The third-order valence-electron chi connectivity index (χ3n) is 2.46. The summed E-state index contributed by atoms with van der Waals surface area (Å²) < 4.78 is 16.6. The Kier molecular flexibility index (Phi) is 6.86. The van der Waals surface area contributed by atoms with Gasteiger partial charge in [0.15, 0.2) is 6.29 Å². The zero-order valence-corrected chi connectivity index (χ0v) is 10.9. The van der Waals surface area contributed by atoms with E-state index in [1.54, 1.807) is 0 Å². The standard InChI is InChI=1S/C14H22O3/c1-4-15-14(16-5-2)11-17-12(3)13-9-7-6-8-10-13/h6-10,12,14H,4-5,11H2,1-3H3. The van der Waals surface area contributed by atoms with Gasteiger partial charge in [0, 0.05) is 13.2 Å². The number of ether oxygens (including phenoxy) is 3. The van der Waals surface area contributed by atoms with Crippen LogP contribution in [0.2, 0.25) is 0 Å². The summed E-state index contributed by atoms with van der Waals surface area (Å²) in [5.74, 6) is 0. The van der Waals surface area contributed by atoms with Crippen molar-refractivity contribution in [3.8, 4) is 0 Å². The van der Waals surface area contributed by atoms with E-state index in [4.69, 9.17) is 14.2 Å². The molecule has 0 aliphatic heterocycles. The lowest BCUT2D eigenvalue weighted by atomic mass is 10.1. The number of benzene rings is 1. The molecular formula is C14H22O3. The second-order valence-electron chi connectivity index (χ2n) is 3.73. The van der Waals surface area contributed by atoms with Crippen LogP contribution in [0.25, 0.3) is 0 Å². The Morgan fingerprint density at radius 2 is 1.53 bits per heavy atom. The molecule has 0 N–H and O–H groups in total. The summed E-state index contributed by atoms with van der Waals surface area (Å²) in [7, 11) is 0. The Balaban J connectivity index is 2.38. The summed E-state index contributed by atoms with van der Waals surface area (Å²) in [6.45, 7) is 7.66. The molecule has 0 aliphatic carbocycles. The molecule has 0 amide bonds. The first-order valence-electron chi connectivity index (χ1n) is 6.17. The smallest absolute Gasteiger partial charge is 0.180 e. The number of hydrogen-bond donors (Lipinski definition) is 0. The Morgan fingerprint density at radius 3 is 2.06 bits per heavy atom. The van der Waals surface area contributed by atoms with Crippen LogP contribution >= 0.6 is 0 Å². The molecule has 1 atom stereocenters. The van der Waals surface area contributed by atoms with E-state index in [1.807, 2.05) is 39.0 Å². The van der Waals surface area contributed by atoms with Gasteiger partial charge in [0.05, 0.1) is 12.7 Å². The molecule has 0 saturated heterocycles. The molecule has 3 heteroatoms. The fourth-order valence-electron chi connectivity index (χ4n) is 1.56. The van der Waals surface area contributed by atoms with Crippen molar-refractivity contribution in [2.45, 2.75) is 33.2 Å². The SMILES string of the molecule is CCOC(COC(C)c1ccccc1)OCC. The molecule has 1 aromatic rings. The van der Waals surface area contributed by atoms with E-state index in [0.717, 1.165) is 0 Å². The van der Waals surface area contributed by atoms with Gasteiger partial charge < -0.3 is 14.2 Å². The maximum absolute atomic E-state index is 5.75. The maximum Gasteiger partial charge on any atom is 0.180 e. The molecule has 0 aliphatic rings. The summed E-state index contributed by atoms with van der Waals surface area (Å²) in [6.07, 6.45) is -0.212. The average molecular weight is 238 g/mol. The lowest BCUT2D eigenvalue weighted by molar-refractivity contribution is -0.175. The van der Waals surface area contributed by atoms with Gasteiger partial charge >= 0.3 is 0 Å². The molecule has 3 nitrogen and oxygen atoms in total. The van der Waals surface area contributed by atoms with E-state index >= 15 is 0 Å². The highest BCUT2D eigenvalue weighted by Crippen LogP contribution is 2.16. The monoisotopic (exact) mass is 238 g/mol. The van der Waals surface area contributed by atoms with Crippen LogP contribution in [-0.2, 0) is 14.2 Å². The van der Waals surface area contributed by atoms with Crippen LogP contribution in [0, 0.1) is 0 Å². The maximum atomic E-state index is 5.75. The molecule has 17 heavy (non-hydrogen) atoms. The predicted octanol–water partition coefficient (Wildman–Crippen LogP) is 3.16. The van der Waals surface area contributed by atoms with Crippen LogP contribution in [0.4, 0.5) is 0 Å². The molecule has 0 bridgehead atoms. The molecule has 1 unspecified atom stereocenters. The molecule has 96 valence electrons. The molecule has 1 rings (SSSR count). The van der Waals surface area contributed by atoms with E-state index in [9.17, 15) is 0 Å². The minimum Gasteiger partial charge on any atom is -0.369 e. The molecule has 1 aromatic carbocycles. The first-order valence-corrected chi connectivity index (χ1v) is 6.17. The van der Waals surface area contributed by atoms with Crippen LogP contribution in [0.3, 0.4) is 0 Å². The van der Waals surface area contributed by atoms with Crippen molar-refractivity contribution >= 4 is 0 Å². The van der Waals surface area contributed by atoms with Crippen molar-refractivity contribution in [3.63, 3.8) is 0 Å². The molecule has 0 radical (unpaired) electrons. The topological polar surface area (TPSA) is 27.7 Å². The zero-order valence-electron chi connectivity index (χ0n) is 10.9. The fraction of sp³-hybridized carbons (Fsp3) is 0.571. The summed E-state index contributed by atoms with van der Waals surface area (Å²) in [5.41, 5.74) is 1.17. The van der Waals surface area contributed by atoms with E-state index < -0.39 is 0 Å². The van der Waals surface area contributed by atoms with Gasteiger partial charge in [-0.05, 0) is 26.3 Å². The Bertz CT molecular complexity index is 281. The summed E-state index contributed by atoms with van der Waals surface area (Å²) in [4.78, 5) is 0. The van der Waals surface area contributed by atoms with Crippen molar-refractivity contribution in [2.24, 2.45) is 0 Å². The molecule has 0 saturated carbocycles. The third-order valence-corrected chi connectivity index (χ3v) is 2.46. The Morgan fingerprint density at radius 1 is 0.941 bits per heavy atom. The second-order valence-corrected chi connectivity index (χ2v) is 3.73. The van der Waals surface area contributed by atoms with Crippen LogP contribution in [0.1, 0.15) is 32.4 Å².